The molecule has 8 heteroatoms. The van der Waals surface area contributed by atoms with Crippen LogP contribution in [0.3, 0.4) is 0 Å². The summed E-state index contributed by atoms with van der Waals surface area (Å²) >= 11 is 13.3. The zero-order chi connectivity index (χ0) is 18.1. The molecule has 2 aromatic carbocycles. The number of benzene rings is 2. The lowest BCUT2D eigenvalue weighted by Crippen LogP contribution is -2.30. The van der Waals surface area contributed by atoms with Crippen molar-refractivity contribution >= 4 is 61.5 Å². The highest BCUT2D eigenvalue weighted by Gasteiger charge is 2.17. The number of fused-ring (bicyclic) bond motifs is 1. The Morgan fingerprint density at radius 3 is 2.80 bits per heavy atom. The first-order valence-corrected chi connectivity index (χ1v) is 9.00. The largest absolute Gasteiger partial charge is 0.479 e. The van der Waals surface area contributed by atoms with Crippen LogP contribution in [0.5, 0.6) is 5.75 Å². The molecule has 0 fully saturated rings. The number of hydrogen-bond donors (Lipinski definition) is 2. The molecule has 1 amide bonds. The number of aryl methyl sites for hydroxylation is 1. The predicted octanol–water partition coefficient (Wildman–Crippen LogP) is 4.90. The Morgan fingerprint density at radius 2 is 2.08 bits per heavy atom. The van der Waals surface area contributed by atoms with Gasteiger partial charge in [-0.1, -0.05) is 34.5 Å². The van der Waals surface area contributed by atoms with E-state index in [0.29, 0.717) is 26.6 Å². The molecule has 0 bridgehead atoms. The molecule has 0 spiro atoms. The fraction of sp³-hybridized carbons (Fsp3) is 0.176. The topological polar surface area (TPSA) is 77.2 Å². The number of aromatic nitrogens is 1. The van der Waals surface area contributed by atoms with Gasteiger partial charge >= 0.3 is 0 Å². The molecule has 130 valence electrons. The van der Waals surface area contributed by atoms with E-state index in [1.807, 2.05) is 19.1 Å². The molecule has 1 unspecified atom stereocenters. The van der Waals surface area contributed by atoms with E-state index >= 15 is 0 Å². The number of halogens is 2. The lowest BCUT2D eigenvalue weighted by Gasteiger charge is -2.16. The molecular formula is C17H15Cl2N3O2S. The number of carbonyl (C=O) groups excluding carboxylic acids is 1. The highest BCUT2D eigenvalue weighted by Crippen LogP contribution is 2.30. The number of ether oxygens (including phenoxy) is 1. The first-order valence-electron chi connectivity index (χ1n) is 7.42. The molecule has 0 aliphatic carbocycles. The number of nitrogen functional groups attached to an aromatic ring is 1. The number of amides is 1. The minimum atomic E-state index is -0.735. The van der Waals surface area contributed by atoms with E-state index in [0.717, 1.165) is 15.8 Å². The van der Waals surface area contributed by atoms with Gasteiger partial charge in [-0.15, -0.1) is 0 Å². The van der Waals surface area contributed by atoms with Gasteiger partial charge in [-0.05, 0) is 49.7 Å². The monoisotopic (exact) mass is 395 g/mol. The number of hydrogen-bond acceptors (Lipinski definition) is 5. The van der Waals surface area contributed by atoms with Gasteiger partial charge in [0.1, 0.15) is 5.75 Å². The minimum Gasteiger partial charge on any atom is -0.479 e. The van der Waals surface area contributed by atoms with Crippen LogP contribution in [0.1, 0.15) is 12.5 Å². The third-order valence-corrected chi connectivity index (χ3v) is 4.90. The van der Waals surface area contributed by atoms with Crippen LogP contribution in [0.25, 0.3) is 10.2 Å². The van der Waals surface area contributed by atoms with Crippen LogP contribution in [-0.2, 0) is 4.79 Å². The molecule has 1 heterocycles. The summed E-state index contributed by atoms with van der Waals surface area (Å²) in [6.45, 7) is 3.57. The van der Waals surface area contributed by atoms with E-state index in [2.05, 4.69) is 10.3 Å². The van der Waals surface area contributed by atoms with E-state index in [4.69, 9.17) is 33.7 Å². The van der Waals surface area contributed by atoms with Gasteiger partial charge < -0.3 is 15.8 Å². The van der Waals surface area contributed by atoms with Gasteiger partial charge in [0.25, 0.3) is 5.91 Å². The number of nitrogens with one attached hydrogen (secondary N) is 1. The average molecular weight is 396 g/mol. The van der Waals surface area contributed by atoms with E-state index in [1.54, 1.807) is 25.1 Å². The first-order chi connectivity index (χ1) is 11.8. The lowest BCUT2D eigenvalue weighted by atomic mass is 10.2. The molecule has 1 aromatic heterocycles. The Morgan fingerprint density at radius 1 is 1.32 bits per heavy atom. The molecule has 0 radical (unpaired) electrons. The summed E-state index contributed by atoms with van der Waals surface area (Å²) < 4.78 is 6.54. The molecule has 3 N–H and O–H groups in total. The number of carbonyl (C=O) groups is 1. The Hall–Kier alpha value is -2.02. The fourth-order valence-corrected chi connectivity index (χ4v) is 3.65. The maximum absolute atomic E-state index is 12.4. The van der Waals surface area contributed by atoms with Gasteiger partial charge in [0.05, 0.1) is 15.2 Å². The molecule has 0 saturated heterocycles. The summed E-state index contributed by atoms with van der Waals surface area (Å²) in [5, 5.41) is 4.19. The van der Waals surface area contributed by atoms with Gasteiger partial charge in [-0.3, -0.25) is 4.79 Å². The zero-order valence-corrected chi connectivity index (χ0v) is 15.8. The van der Waals surface area contributed by atoms with Crippen molar-refractivity contribution < 1.29 is 9.53 Å². The Kier molecular flexibility index (Phi) is 5.03. The van der Waals surface area contributed by atoms with Gasteiger partial charge in [-0.25, -0.2) is 4.98 Å². The lowest BCUT2D eigenvalue weighted by molar-refractivity contribution is -0.122. The van der Waals surface area contributed by atoms with E-state index in [-0.39, 0.29) is 5.91 Å². The summed E-state index contributed by atoms with van der Waals surface area (Å²) in [6, 6.07) is 8.54. The smallest absolute Gasteiger partial charge is 0.265 e. The number of anilines is 2. The van der Waals surface area contributed by atoms with Crippen molar-refractivity contribution in [3.63, 3.8) is 0 Å². The Labute approximate surface area is 158 Å². The van der Waals surface area contributed by atoms with Crippen molar-refractivity contribution in [1.82, 2.24) is 4.98 Å². The van der Waals surface area contributed by atoms with E-state index in [1.165, 1.54) is 11.3 Å². The molecule has 1 atom stereocenters. The fourth-order valence-electron chi connectivity index (χ4n) is 2.34. The van der Waals surface area contributed by atoms with Crippen LogP contribution in [0.2, 0.25) is 10.0 Å². The van der Waals surface area contributed by atoms with Crippen molar-refractivity contribution in [2.24, 2.45) is 0 Å². The van der Waals surface area contributed by atoms with Gasteiger partial charge in [0.2, 0.25) is 0 Å². The van der Waals surface area contributed by atoms with Crippen molar-refractivity contribution in [2.75, 3.05) is 11.1 Å². The number of nitrogens with zero attached hydrogens (tertiary/aromatic N) is 1. The Balaban J connectivity index is 1.75. The summed E-state index contributed by atoms with van der Waals surface area (Å²) in [6.07, 6.45) is -0.735. The van der Waals surface area contributed by atoms with Crippen molar-refractivity contribution in [1.29, 1.82) is 0 Å². The summed E-state index contributed by atoms with van der Waals surface area (Å²) in [4.78, 5) is 16.7. The third-order valence-electron chi connectivity index (χ3n) is 3.54. The summed E-state index contributed by atoms with van der Waals surface area (Å²) in [7, 11) is 0. The number of thiazole rings is 1. The summed E-state index contributed by atoms with van der Waals surface area (Å²) in [5.41, 5.74) is 8.20. The molecule has 0 aliphatic rings. The molecule has 5 nitrogen and oxygen atoms in total. The van der Waals surface area contributed by atoms with Crippen molar-refractivity contribution in [3.8, 4) is 5.75 Å². The van der Waals surface area contributed by atoms with Crippen LogP contribution in [0.4, 0.5) is 10.8 Å². The van der Waals surface area contributed by atoms with Gasteiger partial charge in [-0.2, -0.15) is 0 Å². The zero-order valence-electron chi connectivity index (χ0n) is 13.5. The minimum absolute atomic E-state index is 0.290. The van der Waals surface area contributed by atoms with Crippen molar-refractivity contribution in [2.45, 2.75) is 20.0 Å². The molecule has 25 heavy (non-hydrogen) atoms. The molecule has 3 rings (SSSR count). The summed E-state index contributed by atoms with van der Waals surface area (Å²) in [5.74, 6) is 0.109. The van der Waals surface area contributed by atoms with E-state index in [9.17, 15) is 4.79 Å². The maximum atomic E-state index is 12.4. The second kappa shape index (κ2) is 7.07. The first kappa shape index (κ1) is 17.8. The third kappa shape index (κ3) is 3.98. The molecule has 3 aromatic rings. The van der Waals surface area contributed by atoms with Crippen LogP contribution >= 0.6 is 34.5 Å². The quantitative estimate of drug-likeness (QED) is 0.658. The highest BCUT2D eigenvalue weighted by atomic mass is 35.5. The number of nitrogens with two attached hydrogens (primary N) is 1. The SMILES string of the molecule is Cc1cc(NC(=O)C(C)Oc2ccc(Cl)cc2Cl)cc2sc(N)nc12. The maximum Gasteiger partial charge on any atom is 0.265 e. The average Bonchev–Trinajstić information content (AvgIpc) is 2.91. The van der Waals surface area contributed by atoms with Crippen LogP contribution in [0.15, 0.2) is 30.3 Å². The predicted molar refractivity (Wildman–Crippen MR) is 104 cm³/mol. The van der Waals surface area contributed by atoms with Gasteiger partial charge in [0, 0.05) is 10.7 Å². The van der Waals surface area contributed by atoms with Crippen LogP contribution in [-0.4, -0.2) is 17.0 Å². The van der Waals surface area contributed by atoms with Crippen LogP contribution in [0, 0.1) is 6.92 Å². The highest BCUT2D eigenvalue weighted by molar-refractivity contribution is 7.22. The molecule has 0 saturated carbocycles. The van der Waals surface area contributed by atoms with Gasteiger partial charge in [0.15, 0.2) is 11.2 Å². The molecular weight excluding hydrogens is 381 g/mol. The van der Waals surface area contributed by atoms with E-state index < -0.39 is 6.10 Å². The molecule has 0 aliphatic heterocycles. The Bertz CT molecular complexity index is 958. The normalized spacial score (nSPS) is 12.2. The second-order valence-corrected chi connectivity index (χ2v) is 7.42. The standard InChI is InChI=1S/C17H15Cl2N3O2S/c1-8-5-11(7-14-15(8)22-17(20)25-14)21-16(23)9(2)24-13-4-3-10(18)6-12(13)19/h3-7,9H,1-2H3,(H2,20,22)(H,21,23). The van der Waals surface area contributed by atoms with Crippen molar-refractivity contribution in [3.05, 3.63) is 45.9 Å². The second-order valence-electron chi connectivity index (χ2n) is 5.52. The number of rotatable bonds is 4. The van der Waals surface area contributed by atoms with Crippen LogP contribution < -0.4 is 15.8 Å².